The molecule has 1 aliphatic heterocycles. The Balaban J connectivity index is 1.71. The third-order valence-corrected chi connectivity index (χ3v) is 4.18. The maximum absolute atomic E-state index is 13.6. The van der Waals surface area contributed by atoms with E-state index >= 15 is 0 Å². The van der Waals surface area contributed by atoms with E-state index in [1.807, 2.05) is 6.92 Å². The van der Waals surface area contributed by atoms with Crippen LogP contribution in [0.5, 0.6) is 0 Å². The van der Waals surface area contributed by atoms with Crippen LogP contribution in [0.3, 0.4) is 0 Å². The third kappa shape index (κ3) is 5.12. The summed E-state index contributed by atoms with van der Waals surface area (Å²) < 4.78 is 13.6. The molecule has 0 saturated carbocycles. The topological polar surface area (TPSA) is 41.1 Å². The monoisotopic (exact) mass is 292 g/mol. The molecule has 0 aliphatic carbocycles. The van der Waals surface area contributed by atoms with E-state index in [1.54, 1.807) is 18.2 Å². The molecule has 2 unspecified atom stereocenters. The second-order valence-corrected chi connectivity index (χ2v) is 5.99. The molecule has 2 atom stereocenters. The van der Waals surface area contributed by atoms with E-state index in [0.717, 1.165) is 19.5 Å². The summed E-state index contributed by atoms with van der Waals surface area (Å²) in [4.78, 5) is 12.1. The van der Waals surface area contributed by atoms with Crippen LogP contribution in [0.4, 0.5) is 4.39 Å². The van der Waals surface area contributed by atoms with E-state index in [9.17, 15) is 9.18 Å². The molecule has 1 aliphatic rings. The summed E-state index contributed by atoms with van der Waals surface area (Å²) in [6.45, 7) is 4.74. The average molecular weight is 292 g/mol. The summed E-state index contributed by atoms with van der Waals surface area (Å²) >= 11 is 0. The van der Waals surface area contributed by atoms with Crippen molar-refractivity contribution in [3.8, 4) is 0 Å². The van der Waals surface area contributed by atoms with Gasteiger partial charge in [0.1, 0.15) is 5.82 Å². The van der Waals surface area contributed by atoms with Gasteiger partial charge in [-0.3, -0.25) is 4.79 Å². The van der Waals surface area contributed by atoms with Crippen molar-refractivity contribution in [1.82, 2.24) is 10.6 Å². The number of piperidine rings is 1. The Morgan fingerprint density at radius 3 is 3.00 bits per heavy atom. The standard InChI is InChI=1S/C17H25FN2O/c1-13(11-15-6-2-3-7-16(15)18)17(21)20-10-8-14-5-4-9-19-12-14/h2-3,6-7,13-14,19H,4-5,8-12H2,1H3,(H,20,21). The van der Waals surface area contributed by atoms with E-state index in [1.165, 1.54) is 18.9 Å². The predicted molar refractivity (Wildman–Crippen MR) is 82.5 cm³/mol. The van der Waals surface area contributed by atoms with Gasteiger partial charge in [0.15, 0.2) is 0 Å². The molecule has 0 spiro atoms. The highest BCUT2D eigenvalue weighted by atomic mass is 19.1. The normalized spacial score (nSPS) is 20.0. The van der Waals surface area contributed by atoms with Crippen molar-refractivity contribution in [2.24, 2.45) is 11.8 Å². The molecule has 21 heavy (non-hydrogen) atoms. The number of carbonyl (C=O) groups is 1. The summed E-state index contributed by atoms with van der Waals surface area (Å²) in [5, 5.41) is 6.36. The summed E-state index contributed by atoms with van der Waals surface area (Å²) in [6, 6.07) is 6.66. The smallest absolute Gasteiger partial charge is 0.223 e. The van der Waals surface area contributed by atoms with Crippen molar-refractivity contribution in [3.63, 3.8) is 0 Å². The number of carbonyl (C=O) groups excluding carboxylic acids is 1. The van der Waals surface area contributed by atoms with E-state index in [2.05, 4.69) is 10.6 Å². The Kier molecular flexibility index (Phi) is 6.18. The van der Waals surface area contributed by atoms with Gasteiger partial charge in [0.05, 0.1) is 0 Å². The maximum Gasteiger partial charge on any atom is 0.223 e. The quantitative estimate of drug-likeness (QED) is 0.846. The van der Waals surface area contributed by atoms with Gasteiger partial charge in [0, 0.05) is 12.5 Å². The summed E-state index contributed by atoms with van der Waals surface area (Å²) in [6.07, 6.45) is 3.94. The molecule has 1 fully saturated rings. The second kappa shape index (κ2) is 8.13. The Bertz CT molecular complexity index is 458. The first-order valence-corrected chi connectivity index (χ1v) is 7.88. The lowest BCUT2D eigenvalue weighted by atomic mass is 9.96. The lowest BCUT2D eigenvalue weighted by Crippen LogP contribution is -2.35. The number of hydrogen-bond acceptors (Lipinski definition) is 2. The number of amides is 1. The van der Waals surface area contributed by atoms with E-state index < -0.39 is 0 Å². The van der Waals surface area contributed by atoms with Gasteiger partial charge in [0.2, 0.25) is 5.91 Å². The van der Waals surface area contributed by atoms with E-state index in [0.29, 0.717) is 24.4 Å². The van der Waals surface area contributed by atoms with Gasteiger partial charge in [0.25, 0.3) is 0 Å². The Morgan fingerprint density at radius 2 is 2.29 bits per heavy atom. The molecule has 1 aromatic rings. The minimum absolute atomic E-state index is 0.0158. The zero-order valence-corrected chi connectivity index (χ0v) is 12.7. The van der Waals surface area contributed by atoms with Crippen LogP contribution in [0.1, 0.15) is 31.7 Å². The summed E-state index contributed by atoms with van der Waals surface area (Å²) in [5.41, 5.74) is 0.608. The van der Waals surface area contributed by atoms with E-state index in [4.69, 9.17) is 0 Å². The molecule has 1 heterocycles. The fourth-order valence-corrected chi connectivity index (χ4v) is 2.83. The highest BCUT2D eigenvalue weighted by molar-refractivity contribution is 5.78. The van der Waals surface area contributed by atoms with Gasteiger partial charge in [-0.25, -0.2) is 4.39 Å². The number of hydrogen-bond donors (Lipinski definition) is 2. The van der Waals surface area contributed by atoms with Crippen LogP contribution >= 0.6 is 0 Å². The number of benzene rings is 1. The van der Waals surface area contributed by atoms with E-state index in [-0.39, 0.29) is 17.6 Å². The van der Waals surface area contributed by atoms with Crippen LogP contribution in [0, 0.1) is 17.7 Å². The molecule has 3 nitrogen and oxygen atoms in total. The largest absolute Gasteiger partial charge is 0.356 e. The fourth-order valence-electron chi connectivity index (χ4n) is 2.83. The van der Waals surface area contributed by atoms with Crippen LogP contribution < -0.4 is 10.6 Å². The molecule has 1 saturated heterocycles. The molecule has 2 rings (SSSR count). The minimum Gasteiger partial charge on any atom is -0.356 e. The van der Waals surface area contributed by atoms with Crippen molar-refractivity contribution in [2.75, 3.05) is 19.6 Å². The van der Waals surface area contributed by atoms with Crippen LogP contribution in [0.15, 0.2) is 24.3 Å². The summed E-state index contributed by atoms with van der Waals surface area (Å²) in [5.74, 6) is 0.250. The molecule has 0 aromatic heterocycles. The summed E-state index contributed by atoms with van der Waals surface area (Å²) in [7, 11) is 0. The van der Waals surface area contributed by atoms with Crippen LogP contribution in [-0.2, 0) is 11.2 Å². The van der Waals surface area contributed by atoms with Crippen molar-refractivity contribution in [3.05, 3.63) is 35.6 Å². The Labute approximate surface area is 126 Å². The van der Waals surface area contributed by atoms with Crippen molar-refractivity contribution >= 4 is 5.91 Å². The lowest BCUT2D eigenvalue weighted by Gasteiger charge is -2.23. The molecule has 116 valence electrons. The second-order valence-electron chi connectivity index (χ2n) is 5.99. The fraction of sp³-hybridized carbons (Fsp3) is 0.588. The third-order valence-electron chi connectivity index (χ3n) is 4.18. The first-order chi connectivity index (χ1) is 10.2. The maximum atomic E-state index is 13.6. The van der Waals surface area contributed by atoms with Crippen LogP contribution in [0.25, 0.3) is 0 Å². The highest BCUT2D eigenvalue weighted by Crippen LogP contribution is 2.14. The SMILES string of the molecule is CC(Cc1ccccc1F)C(=O)NCCC1CCCNC1. The van der Waals surface area contributed by atoms with Gasteiger partial charge in [-0.05, 0) is 56.3 Å². The molecule has 0 radical (unpaired) electrons. The minimum atomic E-state index is -0.231. The molecule has 2 N–H and O–H groups in total. The Morgan fingerprint density at radius 1 is 1.48 bits per heavy atom. The van der Waals surface area contributed by atoms with Crippen LogP contribution in [-0.4, -0.2) is 25.5 Å². The van der Waals surface area contributed by atoms with Crippen molar-refractivity contribution in [1.29, 1.82) is 0 Å². The van der Waals surface area contributed by atoms with Crippen molar-refractivity contribution < 1.29 is 9.18 Å². The average Bonchev–Trinajstić information content (AvgIpc) is 2.50. The molecular formula is C17H25FN2O. The highest BCUT2D eigenvalue weighted by Gasteiger charge is 2.17. The van der Waals surface area contributed by atoms with Gasteiger partial charge in [-0.15, -0.1) is 0 Å². The number of nitrogens with one attached hydrogen (secondary N) is 2. The number of halogens is 1. The first kappa shape index (κ1) is 16.0. The Hall–Kier alpha value is -1.42. The van der Waals surface area contributed by atoms with Gasteiger partial charge in [-0.2, -0.15) is 0 Å². The molecule has 4 heteroatoms. The predicted octanol–water partition coefficient (Wildman–Crippen LogP) is 2.51. The number of rotatable bonds is 6. The zero-order chi connectivity index (χ0) is 15.1. The lowest BCUT2D eigenvalue weighted by molar-refractivity contribution is -0.124. The van der Waals surface area contributed by atoms with Gasteiger partial charge in [-0.1, -0.05) is 25.1 Å². The molecule has 1 aromatic carbocycles. The zero-order valence-electron chi connectivity index (χ0n) is 12.7. The molecule has 1 amide bonds. The molecular weight excluding hydrogens is 267 g/mol. The van der Waals surface area contributed by atoms with Crippen molar-refractivity contribution in [2.45, 2.75) is 32.6 Å². The van der Waals surface area contributed by atoms with Crippen LogP contribution in [0.2, 0.25) is 0 Å². The molecule has 0 bridgehead atoms. The first-order valence-electron chi connectivity index (χ1n) is 7.88. The van der Waals surface area contributed by atoms with Gasteiger partial charge >= 0.3 is 0 Å². The van der Waals surface area contributed by atoms with Gasteiger partial charge < -0.3 is 10.6 Å².